The molecule has 1 atom stereocenters. The minimum atomic E-state index is -0.496. The lowest BCUT2D eigenvalue weighted by molar-refractivity contribution is -0.134. The Morgan fingerprint density at radius 1 is 1.18 bits per heavy atom. The number of amides is 2. The lowest BCUT2D eigenvalue weighted by atomic mass is 10.1. The van der Waals surface area contributed by atoms with E-state index in [1.54, 1.807) is 30.1 Å². The zero-order chi connectivity index (χ0) is 23.4. The quantitative estimate of drug-likeness (QED) is 0.514. The van der Waals surface area contributed by atoms with Crippen LogP contribution in [0.1, 0.15) is 11.1 Å². The van der Waals surface area contributed by atoms with Crippen LogP contribution in [0.25, 0.3) is 5.69 Å². The van der Waals surface area contributed by atoms with Crippen LogP contribution in [-0.2, 0) is 9.59 Å². The van der Waals surface area contributed by atoms with Crippen molar-refractivity contribution in [3.63, 3.8) is 0 Å². The van der Waals surface area contributed by atoms with Gasteiger partial charge in [0, 0.05) is 17.1 Å². The number of anilines is 1. The van der Waals surface area contributed by atoms with E-state index in [-0.39, 0.29) is 17.6 Å². The van der Waals surface area contributed by atoms with Gasteiger partial charge in [0.2, 0.25) is 11.8 Å². The first kappa shape index (κ1) is 23.2. The Labute approximate surface area is 201 Å². The summed E-state index contributed by atoms with van der Waals surface area (Å²) in [5, 5.41) is 11.7. The zero-order valence-corrected chi connectivity index (χ0v) is 20.3. The van der Waals surface area contributed by atoms with Crippen molar-refractivity contribution in [3.8, 4) is 11.4 Å². The largest absolute Gasteiger partial charge is 0.497 e. The van der Waals surface area contributed by atoms with Crippen LogP contribution in [0.5, 0.6) is 5.75 Å². The van der Waals surface area contributed by atoms with Crippen molar-refractivity contribution in [1.29, 1.82) is 0 Å². The number of benzene rings is 2. The summed E-state index contributed by atoms with van der Waals surface area (Å²) in [5.74, 6) is 1.73. The van der Waals surface area contributed by atoms with Crippen LogP contribution < -0.4 is 10.1 Å². The average Bonchev–Trinajstić information content (AvgIpc) is 3.50. The molecule has 33 heavy (non-hydrogen) atoms. The van der Waals surface area contributed by atoms with Crippen molar-refractivity contribution >= 4 is 41.0 Å². The predicted molar refractivity (Wildman–Crippen MR) is 131 cm³/mol. The maximum absolute atomic E-state index is 13.0. The first-order chi connectivity index (χ1) is 16.0. The van der Waals surface area contributed by atoms with Gasteiger partial charge in [-0.25, -0.2) is 0 Å². The van der Waals surface area contributed by atoms with Crippen LogP contribution in [-0.4, -0.2) is 62.0 Å². The van der Waals surface area contributed by atoms with Gasteiger partial charge in [0.25, 0.3) is 0 Å². The van der Waals surface area contributed by atoms with Gasteiger partial charge in [0.1, 0.15) is 18.1 Å². The fourth-order valence-electron chi connectivity index (χ4n) is 3.40. The summed E-state index contributed by atoms with van der Waals surface area (Å²) in [5.41, 5.74) is 3.90. The van der Waals surface area contributed by atoms with Crippen LogP contribution in [0.4, 0.5) is 5.69 Å². The molecule has 0 radical (unpaired) electrons. The highest BCUT2D eigenvalue weighted by molar-refractivity contribution is 8.00. The SMILES string of the molecule is COc1ccc(-n2cnnc2SCC(=O)N2CSCC2C(=O)Nc2ccc(C)c(C)c2)cc1. The van der Waals surface area contributed by atoms with E-state index in [0.717, 1.165) is 22.7 Å². The number of methoxy groups -OCH3 is 1. The number of hydrogen-bond acceptors (Lipinski definition) is 7. The second-order valence-corrected chi connectivity index (χ2v) is 9.58. The molecule has 4 rings (SSSR count). The van der Waals surface area contributed by atoms with Gasteiger partial charge in [-0.3, -0.25) is 14.2 Å². The molecule has 10 heteroatoms. The Kier molecular flexibility index (Phi) is 7.24. The van der Waals surface area contributed by atoms with Gasteiger partial charge in [-0.15, -0.1) is 22.0 Å². The van der Waals surface area contributed by atoms with Gasteiger partial charge in [-0.1, -0.05) is 17.8 Å². The molecule has 1 N–H and O–H groups in total. The third-order valence-corrected chi connectivity index (χ3v) is 7.41. The van der Waals surface area contributed by atoms with Crippen LogP contribution in [0.3, 0.4) is 0 Å². The summed E-state index contributed by atoms with van der Waals surface area (Å²) in [4.78, 5) is 27.5. The monoisotopic (exact) mass is 483 g/mol. The van der Waals surface area contributed by atoms with Gasteiger partial charge < -0.3 is 15.0 Å². The Balaban J connectivity index is 1.38. The number of ether oxygens (including phenoxy) is 1. The number of carbonyl (C=O) groups excluding carboxylic acids is 2. The number of aromatic nitrogens is 3. The molecule has 0 spiro atoms. The lowest BCUT2D eigenvalue weighted by Crippen LogP contribution is -2.45. The van der Waals surface area contributed by atoms with E-state index >= 15 is 0 Å². The summed E-state index contributed by atoms with van der Waals surface area (Å²) in [6.07, 6.45) is 1.61. The number of carbonyl (C=O) groups is 2. The van der Waals surface area contributed by atoms with Crippen molar-refractivity contribution in [2.45, 2.75) is 25.0 Å². The van der Waals surface area contributed by atoms with Crippen molar-refractivity contribution in [2.75, 3.05) is 29.8 Å². The summed E-state index contributed by atoms with van der Waals surface area (Å²) < 4.78 is 7.02. The van der Waals surface area contributed by atoms with E-state index in [1.807, 2.05) is 60.9 Å². The molecule has 1 fully saturated rings. The van der Waals surface area contributed by atoms with Crippen molar-refractivity contribution < 1.29 is 14.3 Å². The third kappa shape index (κ3) is 5.33. The first-order valence-electron chi connectivity index (χ1n) is 10.4. The Hall–Kier alpha value is -2.98. The minimum Gasteiger partial charge on any atom is -0.497 e. The molecular formula is C23H25N5O3S2. The van der Waals surface area contributed by atoms with Crippen LogP contribution in [0.15, 0.2) is 53.9 Å². The molecule has 1 saturated heterocycles. The summed E-state index contributed by atoms with van der Waals surface area (Å²) in [6.45, 7) is 4.04. The average molecular weight is 484 g/mol. The fraction of sp³-hybridized carbons (Fsp3) is 0.304. The van der Waals surface area contributed by atoms with E-state index in [4.69, 9.17) is 4.74 Å². The molecule has 1 aromatic heterocycles. The van der Waals surface area contributed by atoms with Gasteiger partial charge in [0.15, 0.2) is 5.16 Å². The van der Waals surface area contributed by atoms with E-state index in [9.17, 15) is 9.59 Å². The number of rotatable bonds is 7. The highest BCUT2D eigenvalue weighted by Gasteiger charge is 2.34. The smallest absolute Gasteiger partial charge is 0.248 e. The van der Waals surface area contributed by atoms with Crippen molar-refractivity contribution in [1.82, 2.24) is 19.7 Å². The molecule has 0 aliphatic carbocycles. The van der Waals surface area contributed by atoms with Gasteiger partial charge in [-0.2, -0.15) is 0 Å². The molecule has 1 unspecified atom stereocenters. The highest BCUT2D eigenvalue weighted by Crippen LogP contribution is 2.26. The molecule has 2 aromatic carbocycles. The molecule has 2 amide bonds. The van der Waals surface area contributed by atoms with Gasteiger partial charge in [0.05, 0.1) is 18.7 Å². The molecule has 172 valence electrons. The Bertz CT molecular complexity index is 1150. The maximum Gasteiger partial charge on any atom is 0.248 e. The van der Waals surface area contributed by atoms with E-state index in [0.29, 0.717) is 16.8 Å². The molecule has 1 aliphatic heterocycles. The molecule has 0 bridgehead atoms. The second-order valence-electron chi connectivity index (χ2n) is 7.64. The number of aryl methyl sites for hydroxylation is 2. The first-order valence-corrected chi connectivity index (χ1v) is 12.5. The van der Waals surface area contributed by atoms with Crippen molar-refractivity contribution in [3.05, 3.63) is 59.9 Å². The lowest BCUT2D eigenvalue weighted by Gasteiger charge is -2.23. The van der Waals surface area contributed by atoms with Gasteiger partial charge in [-0.05, 0) is 61.4 Å². The molecule has 8 nitrogen and oxygen atoms in total. The van der Waals surface area contributed by atoms with Crippen LogP contribution >= 0.6 is 23.5 Å². The van der Waals surface area contributed by atoms with E-state index in [1.165, 1.54) is 17.3 Å². The molecular weight excluding hydrogens is 458 g/mol. The second kappa shape index (κ2) is 10.3. The maximum atomic E-state index is 13.0. The standard InChI is InChI=1S/C23H25N5O3S2/c1-15-4-5-17(10-16(15)2)25-22(30)20-11-32-14-28(20)21(29)12-33-23-26-24-13-27(23)18-6-8-19(31-3)9-7-18/h4-10,13,20H,11-12,14H2,1-3H3,(H,25,30). The highest BCUT2D eigenvalue weighted by atomic mass is 32.2. The van der Waals surface area contributed by atoms with Crippen molar-refractivity contribution in [2.24, 2.45) is 0 Å². The molecule has 1 aliphatic rings. The molecule has 3 aromatic rings. The Morgan fingerprint density at radius 2 is 1.97 bits per heavy atom. The van der Waals surface area contributed by atoms with E-state index < -0.39 is 6.04 Å². The number of hydrogen-bond donors (Lipinski definition) is 1. The summed E-state index contributed by atoms with van der Waals surface area (Å²) in [6, 6.07) is 12.8. The number of nitrogens with zero attached hydrogens (tertiary/aromatic N) is 4. The number of thioether (sulfide) groups is 2. The topological polar surface area (TPSA) is 89.3 Å². The Morgan fingerprint density at radius 3 is 2.70 bits per heavy atom. The number of nitrogens with one attached hydrogen (secondary N) is 1. The van der Waals surface area contributed by atoms with Crippen LogP contribution in [0, 0.1) is 13.8 Å². The predicted octanol–water partition coefficient (Wildman–Crippen LogP) is 3.53. The summed E-state index contributed by atoms with van der Waals surface area (Å²) in [7, 11) is 1.62. The normalized spacial score (nSPS) is 15.5. The molecule has 0 saturated carbocycles. The summed E-state index contributed by atoms with van der Waals surface area (Å²) >= 11 is 2.88. The third-order valence-electron chi connectivity index (χ3n) is 5.47. The fourth-order valence-corrected chi connectivity index (χ4v) is 5.40. The van der Waals surface area contributed by atoms with E-state index in [2.05, 4.69) is 15.5 Å². The zero-order valence-electron chi connectivity index (χ0n) is 18.6. The van der Waals surface area contributed by atoms with Crippen LogP contribution in [0.2, 0.25) is 0 Å². The molecule has 2 heterocycles. The van der Waals surface area contributed by atoms with Gasteiger partial charge >= 0.3 is 0 Å². The minimum absolute atomic E-state index is 0.102.